The second-order valence-electron chi connectivity index (χ2n) is 6.18. The lowest BCUT2D eigenvalue weighted by Crippen LogP contribution is -2.25. The van der Waals surface area contributed by atoms with Gasteiger partial charge in [0.25, 0.3) is 0 Å². The predicted molar refractivity (Wildman–Crippen MR) is 73.4 cm³/mol. The van der Waals surface area contributed by atoms with Crippen LogP contribution in [0.25, 0.3) is 0 Å². The van der Waals surface area contributed by atoms with E-state index in [1.807, 2.05) is 0 Å². The largest absolute Gasteiger partial charge is 0.334 e. The van der Waals surface area contributed by atoms with Gasteiger partial charge in [-0.15, -0.1) is 0 Å². The highest BCUT2D eigenvalue weighted by atomic mass is 15.1. The summed E-state index contributed by atoms with van der Waals surface area (Å²) in [5.41, 5.74) is 2.76. The van der Waals surface area contributed by atoms with Crippen molar-refractivity contribution >= 4 is 0 Å². The van der Waals surface area contributed by atoms with Crippen LogP contribution in [0.3, 0.4) is 0 Å². The van der Waals surface area contributed by atoms with Crippen molar-refractivity contribution in [3.63, 3.8) is 0 Å². The van der Waals surface area contributed by atoms with Crippen LogP contribution in [-0.4, -0.2) is 16.1 Å². The summed E-state index contributed by atoms with van der Waals surface area (Å²) in [5.74, 6) is 1.90. The Morgan fingerprint density at radius 2 is 2.39 bits per heavy atom. The van der Waals surface area contributed by atoms with Gasteiger partial charge in [0.2, 0.25) is 0 Å². The van der Waals surface area contributed by atoms with Gasteiger partial charge in [0.05, 0.1) is 12.0 Å². The number of aromatic nitrogens is 2. The van der Waals surface area contributed by atoms with E-state index in [1.165, 1.54) is 50.0 Å². The minimum Gasteiger partial charge on any atom is -0.334 e. The first-order chi connectivity index (χ1) is 8.83. The Bertz CT molecular complexity index is 396. The monoisotopic (exact) mass is 247 g/mol. The molecule has 0 spiro atoms. The summed E-state index contributed by atoms with van der Waals surface area (Å²) in [5, 5.41) is 3.39. The van der Waals surface area contributed by atoms with Gasteiger partial charge in [-0.2, -0.15) is 0 Å². The maximum absolute atomic E-state index is 4.54. The van der Waals surface area contributed by atoms with Crippen molar-refractivity contribution in [2.24, 2.45) is 11.8 Å². The van der Waals surface area contributed by atoms with Gasteiger partial charge in [0.1, 0.15) is 0 Å². The van der Waals surface area contributed by atoms with Gasteiger partial charge in [0, 0.05) is 31.7 Å². The molecule has 100 valence electrons. The summed E-state index contributed by atoms with van der Waals surface area (Å²) in [4.78, 5) is 4.54. The molecule has 2 atom stereocenters. The number of fused-ring (bicyclic) bond motifs is 1. The van der Waals surface area contributed by atoms with Crippen LogP contribution in [0.15, 0.2) is 6.33 Å². The molecule has 3 heteroatoms. The molecule has 0 amide bonds. The van der Waals surface area contributed by atoms with E-state index in [9.17, 15) is 0 Å². The molecule has 1 N–H and O–H groups in total. The summed E-state index contributed by atoms with van der Waals surface area (Å²) in [7, 11) is 0. The molecule has 3 rings (SSSR count). The highest BCUT2D eigenvalue weighted by molar-refractivity contribution is 5.16. The molecule has 1 saturated carbocycles. The molecule has 3 nitrogen and oxygen atoms in total. The van der Waals surface area contributed by atoms with Crippen LogP contribution in [0.1, 0.15) is 50.4 Å². The summed E-state index contributed by atoms with van der Waals surface area (Å²) in [6.07, 6.45) is 10.3. The molecule has 0 radical (unpaired) electrons. The molecule has 1 fully saturated rings. The number of nitrogens with one attached hydrogen (secondary N) is 1. The third kappa shape index (κ3) is 2.61. The zero-order valence-electron chi connectivity index (χ0n) is 11.5. The Balaban J connectivity index is 1.58. The van der Waals surface area contributed by atoms with Crippen LogP contribution in [0.2, 0.25) is 0 Å². The molecule has 18 heavy (non-hydrogen) atoms. The lowest BCUT2D eigenvalue weighted by molar-refractivity contribution is 0.260. The minimum atomic E-state index is 0.949. The quantitative estimate of drug-likeness (QED) is 0.890. The molecular formula is C15H25N3. The van der Waals surface area contributed by atoms with Crippen molar-refractivity contribution in [3.8, 4) is 0 Å². The summed E-state index contributed by atoms with van der Waals surface area (Å²) in [6, 6.07) is 0. The van der Waals surface area contributed by atoms with E-state index in [2.05, 4.69) is 28.1 Å². The van der Waals surface area contributed by atoms with E-state index in [4.69, 9.17) is 0 Å². The molecule has 1 aromatic rings. The number of aryl methyl sites for hydroxylation is 1. The molecule has 2 unspecified atom stereocenters. The molecule has 1 aromatic heterocycles. The van der Waals surface area contributed by atoms with Crippen molar-refractivity contribution in [1.29, 1.82) is 0 Å². The van der Waals surface area contributed by atoms with Gasteiger partial charge in [-0.05, 0) is 24.7 Å². The number of hydrogen-bond acceptors (Lipinski definition) is 2. The van der Waals surface area contributed by atoms with Crippen LogP contribution in [0.4, 0.5) is 0 Å². The topological polar surface area (TPSA) is 29.9 Å². The average molecular weight is 247 g/mol. The van der Waals surface area contributed by atoms with E-state index >= 15 is 0 Å². The fraction of sp³-hybridized carbons (Fsp3) is 0.800. The van der Waals surface area contributed by atoms with Crippen LogP contribution in [-0.2, 0) is 19.5 Å². The molecular weight excluding hydrogens is 222 g/mol. The van der Waals surface area contributed by atoms with Gasteiger partial charge >= 0.3 is 0 Å². The number of nitrogens with zero attached hydrogens (tertiary/aromatic N) is 2. The Morgan fingerprint density at radius 1 is 1.44 bits per heavy atom. The van der Waals surface area contributed by atoms with Gasteiger partial charge < -0.3 is 9.88 Å². The first-order valence-electron chi connectivity index (χ1n) is 7.56. The van der Waals surface area contributed by atoms with Crippen molar-refractivity contribution < 1.29 is 0 Å². The summed E-state index contributed by atoms with van der Waals surface area (Å²) >= 11 is 0. The molecule has 0 aromatic carbocycles. The van der Waals surface area contributed by atoms with Crippen LogP contribution >= 0.6 is 0 Å². The predicted octanol–water partition coefficient (Wildman–Crippen LogP) is 2.75. The first-order valence-corrected chi connectivity index (χ1v) is 7.56. The van der Waals surface area contributed by atoms with Crippen molar-refractivity contribution in [3.05, 3.63) is 17.7 Å². The zero-order chi connectivity index (χ0) is 12.4. The SMILES string of the molecule is CC1CCCC(CCn2cnc3c2CCNC3)C1. The van der Waals surface area contributed by atoms with E-state index in [0.717, 1.165) is 31.3 Å². The highest BCUT2D eigenvalue weighted by Gasteiger charge is 2.20. The zero-order valence-corrected chi connectivity index (χ0v) is 11.5. The van der Waals surface area contributed by atoms with Crippen molar-refractivity contribution in [2.75, 3.05) is 6.54 Å². The fourth-order valence-corrected chi connectivity index (χ4v) is 3.63. The first kappa shape index (κ1) is 12.2. The second-order valence-corrected chi connectivity index (χ2v) is 6.18. The Labute approximate surface area is 110 Å². The third-order valence-corrected chi connectivity index (χ3v) is 4.69. The Kier molecular flexibility index (Phi) is 3.69. The number of rotatable bonds is 3. The van der Waals surface area contributed by atoms with Gasteiger partial charge in [-0.25, -0.2) is 4.98 Å². The van der Waals surface area contributed by atoms with Crippen LogP contribution in [0.5, 0.6) is 0 Å². The van der Waals surface area contributed by atoms with Crippen LogP contribution in [0, 0.1) is 11.8 Å². The summed E-state index contributed by atoms with van der Waals surface area (Å²) < 4.78 is 2.41. The Morgan fingerprint density at radius 3 is 3.28 bits per heavy atom. The van der Waals surface area contributed by atoms with Crippen LogP contribution < -0.4 is 5.32 Å². The van der Waals surface area contributed by atoms with Gasteiger partial charge in [-0.3, -0.25) is 0 Å². The van der Waals surface area contributed by atoms with E-state index in [-0.39, 0.29) is 0 Å². The second kappa shape index (κ2) is 5.43. The maximum atomic E-state index is 4.54. The fourth-order valence-electron chi connectivity index (χ4n) is 3.63. The van der Waals surface area contributed by atoms with E-state index < -0.39 is 0 Å². The molecule has 0 saturated heterocycles. The molecule has 2 heterocycles. The molecule has 2 aliphatic rings. The normalized spacial score (nSPS) is 28.1. The van der Waals surface area contributed by atoms with Crippen molar-refractivity contribution in [1.82, 2.24) is 14.9 Å². The molecule has 0 bridgehead atoms. The average Bonchev–Trinajstić information content (AvgIpc) is 2.80. The number of hydrogen-bond donors (Lipinski definition) is 1. The van der Waals surface area contributed by atoms with Crippen molar-refractivity contribution in [2.45, 2.75) is 58.5 Å². The smallest absolute Gasteiger partial charge is 0.0952 e. The minimum absolute atomic E-state index is 0.949. The summed E-state index contributed by atoms with van der Waals surface area (Å²) in [6.45, 7) is 5.67. The lowest BCUT2D eigenvalue weighted by atomic mass is 9.81. The number of imidazole rings is 1. The highest BCUT2D eigenvalue weighted by Crippen LogP contribution is 2.31. The standard InChI is InChI=1S/C15H25N3/c1-12-3-2-4-13(9-12)6-8-18-11-17-14-10-16-7-5-15(14)18/h11-13,16H,2-10H2,1H3. The van der Waals surface area contributed by atoms with E-state index in [0.29, 0.717) is 0 Å². The third-order valence-electron chi connectivity index (χ3n) is 4.69. The molecule has 1 aliphatic carbocycles. The Hall–Kier alpha value is -0.830. The lowest BCUT2D eigenvalue weighted by Gasteiger charge is -2.27. The van der Waals surface area contributed by atoms with Gasteiger partial charge in [-0.1, -0.05) is 26.2 Å². The van der Waals surface area contributed by atoms with E-state index in [1.54, 1.807) is 0 Å². The van der Waals surface area contributed by atoms with Gasteiger partial charge in [0.15, 0.2) is 0 Å². The molecule has 1 aliphatic heterocycles. The maximum Gasteiger partial charge on any atom is 0.0952 e.